The predicted octanol–water partition coefficient (Wildman–Crippen LogP) is 14.4. The molecular formula is C51H52HfSi. The Kier molecular flexibility index (Phi) is 7.64. The normalized spacial score (nSPS) is 20.2. The van der Waals surface area contributed by atoms with Crippen LogP contribution in [0.15, 0.2) is 158 Å². The molecule has 6 aromatic carbocycles. The molecule has 53 heavy (non-hydrogen) atoms. The van der Waals surface area contributed by atoms with Gasteiger partial charge in [0.2, 0.25) is 0 Å². The van der Waals surface area contributed by atoms with E-state index < -0.39 is 14.2 Å². The Hall–Kier alpha value is -4.11. The van der Waals surface area contributed by atoms with Crippen LogP contribution in [0.2, 0.25) is 17.7 Å². The Morgan fingerprint density at radius 1 is 0.415 bits per heavy atom. The summed E-state index contributed by atoms with van der Waals surface area (Å²) in [7, 11) is 0. The van der Waals surface area contributed by atoms with Crippen LogP contribution in [0.3, 0.4) is 0 Å². The quantitative estimate of drug-likeness (QED) is 0.140. The van der Waals surface area contributed by atoms with E-state index >= 15 is 0 Å². The third-order valence-corrected chi connectivity index (χ3v) is 68.7. The molecule has 1 fully saturated rings. The molecule has 0 radical (unpaired) electrons. The van der Waals surface area contributed by atoms with Crippen molar-refractivity contribution in [1.29, 1.82) is 0 Å². The van der Waals surface area contributed by atoms with Crippen LogP contribution in [-0.2, 0) is 14.2 Å². The fraction of sp³-hybridized carbons (Fsp3) is 0.216. The van der Waals surface area contributed by atoms with E-state index in [0.29, 0.717) is 11.0 Å². The van der Waals surface area contributed by atoms with E-state index in [-0.39, 0.29) is 0 Å². The standard InChI is InChI=1S/2C21H15.C6H11.3CH3.Hf.H2Si/c2*1-2-8-16(9-3-1)18-12-4-5-13-20(18)21-15-7-11-17-10-6-14-19(17)21;1-2-4-6-5-3-1;;;;;/h2*1-15H;1H,2-6H2;3*1H3;;1H2. The summed E-state index contributed by atoms with van der Waals surface area (Å²) in [6, 6.07) is 54.3. The van der Waals surface area contributed by atoms with Crippen molar-refractivity contribution in [3.05, 3.63) is 180 Å². The van der Waals surface area contributed by atoms with Crippen LogP contribution < -0.4 is 0 Å². The second-order valence-corrected chi connectivity index (χ2v) is 99.6. The maximum atomic E-state index is 2.92. The summed E-state index contributed by atoms with van der Waals surface area (Å²) < 4.78 is 10.2. The van der Waals surface area contributed by atoms with Gasteiger partial charge in [0.25, 0.3) is 0 Å². The summed E-state index contributed by atoms with van der Waals surface area (Å²) in [6.45, 7) is 2.56. The maximum absolute atomic E-state index is 5.23. The number of fused-ring (bicyclic) bond motifs is 2. The fourth-order valence-corrected chi connectivity index (χ4v) is 57.8. The van der Waals surface area contributed by atoms with Crippen LogP contribution in [0.1, 0.15) is 61.7 Å². The molecule has 0 heterocycles. The van der Waals surface area contributed by atoms with E-state index in [1.165, 1.54) is 87.7 Å². The molecule has 0 N–H and O–H groups in total. The summed E-state index contributed by atoms with van der Waals surface area (Å²) in [5, 5.41) is 0. The van der Waals surface area contributed by atoms with E-state index in [1.54, 1.807) is 11.1 Å². The number of benzene rings is 6. The zero-order valence-electron chi connectivity index (χ0n) is 31.6. The average Bonchev–Trinajstić information content (AvgIpc) is 3.87. The second kappa shape index (κ2) is 11.7. The average molecular weight is 872 g/mol. The van der Waals surface area contributed by atoms with E-state index in [1.807, 2.05) is 0 Å². The van der Waals surface area contributed by atoms with Gasteiger partial charge in [-0.3, -0.25) is 0 Å². The molecular weight excluding hydrogens is 819 g/mol. The third kappa shape index (κ3) is 5.15. The predicted molar refractivity (Wildman–Crippen MR) is 231 cm³/mol. The van der Waals surface area contributed by atoms with Crippen molar-refractivity contribution in [2.45, 2.75) is 57.2 Å². The molecule has 0 spiro atoms. The minimum atomic E-state index is -5.23. The van der Waals surface area contributed by atoms with Gasteiger partial charge in [0.05, 0.1) is 0 Å². The van der Waals surface area contributed by atoms with Crippen LogP contribution in [0.25, 0.3) is 56.7 Å². The van der Waals surface area contributed by atoms with Crippen molar-refractivity contribution < 1.29 is 14.2 Å². The Balaban J connectivity index is 1.24. The van der Waals surface area contributed by atoms with Crippen LogP contribution in [0, 0.1) is 0 Å². The SMILES string of the molecule is [CH3][Hf]([CH3])([CH3])(=[SiH2])([CH]1CCCCC1)([CH]1C=Cc2c(-c3ccccc3-c3ccccc3)cccc21)[CH]1C=Cc2c(-c3ccccc3-c3ccccc3)cccc21. The van der Waals surface area contributed by atoms with E-state index in [2.05, 4.69) is 191 Å². The van der Waals surface area contributed by atoms with Gasteiger partial charge < -0.3 is 0 Å². The van der Waals surface area contributed by atoms with Crippen LogP contribution >= 0.6 is 0 Å². The molecule has 3 aliphatic carbocycles. The molecule has 1 saturated carbocycles. The molecule has 2 atom stereocenters. The van der Waals surface area contributed by atoms with Crippen LogP contribution in [0.5, 0.6) is 0 Å². The first-order chi connectivity index (χ1) is 25.5. The van der Waals surface area contributed by atoms with Crippen molar-refractivity contribution in [3.8, 4) is 44.5 Å². The van der Waals surface area contributed by atoms with Gasteiger partial charge in [-0.25, -0.2) is 0 Å². The fourth-order valence-electron chi connectivity index (χ4n) is 12.0. The van der Waals surface area contributed by atoms with Crippen molar-refractivity contribution >= 4 is 19.1 Å². The number of allylic oxidation sites excluding steroid dienone is 2. The van der Waals surface area contributed by atoms with Gasteiger partial charge in [0.1, 0.15) is 0 Å². The zero-order valence-corrected chi connectivity index (χ0v) is 36.6. The van der Waals surface area contributed by atoms with Crippen molar-refractivity contribution in [1.82, 2.24) is 0 Å². The molecule has 2 unspecified atom stereocenters. The van der Waals surface area contributed by atoms with E-state index in [4.69, 9.17) is 0 Å². The molecule has 0 aliphatic heterocycles. The molecule has 9 rings (SSSR count). The molecule has 0 amide bonds. The van der Waals surface area contributed by atoms with E-state index in [9.17, 15) is 0 Å². The zero-order chi connectivity index (χ0) is 36.4. The second-order valence-electron chi connectivity index (χ2n) is 19.7. The Morgan fingerprint density at radius 3 is 1.23 bits per heavy atom. The Morgan fingerprint density at radius 2 is 0.792 bits per heavy atom. The Labute approximate surface area is 312 Å². The van der Waals surface area contributed by atoms with Crippen LogP contribution in [0.4, 0.5) is 0 Å². The van der Waals surface area contributed by atoms with Gasteiger partial charge in [0, 0.05) is 0 Å². The van der Waals surface area contributed by atoms with Gasteiger partial charge >= 0.3 is 315 Å². The van der Waals surface area contributed by atoms with Crippen molar-refractivity contribution in [2.24, 2.45) is 0 Å². The Bertz CT molecular complexity index is 2420. The first-order valence-electron chi connectivity index (χ1n) is 20.0. The van der Waals surface area contributed by atoms with Gasteiger partial charge in [-0.2, -0.15) is 0 Å². The number of rotatable bonds is 7. The topological polar surface area (TPSA) is 0 Å². The van der Waals surface area contributed by atoms with Gasteiger partial charge in [0.15, 0.2) is 0 Å². The molecule has 3 aliphatic rings. The number of hydrogen-bond donors (Lipinski definition) is 0. The summed E-state index contributed by atoms with van der Waals surface area (Å²) in [5.74, 6) is 0. The summed E-state index contributed by atoms with van der Waals surface area (Å²) in [6.07, 6.45) is 17.2. The summed E-state index contributed by atoms with van der Waals surface area (Å²) in [4.78, 5) is 0. The van der Waals surface area contributed by atoms with Crippen molar-refractivity contribution in [3.63, 3.8) is 0 Å². The first-order valence-corrected chi connectivity index (χ1v) is 45.3. The summed E-state index contributed by atoms with van der Waals surface area (Å²) in [5.41, 5.74) is 16.5. The number of hydrogen-bond acceptors (Lipinski definition) is 0. The molecule has 264 valence electrons. The molecule has 6 aromatic rings. The molecule has 0 bridgehead atoms. The minimum absolute atomic E-state index is 0.389. The first kappa shape index (κ1) is 34.6. The molecule has 0 saturated heterocycles. The molecule has 0 aromatic heterocycles. The monoisotopic (exact) mass is 872 g/mol. The third-order valence-electron chi connectivity index (χ3n) is 15.1. The van der Waals surface area contributed by atoms with E-state index in [0.717, 1.165) is 0 Å². The van der Waals surface area contributed by atoms with Crippen LogP contribution in [-0.4, -0.2) is 6.94 Å². The molecule has 2 heteroatoms. The molecule has 0 nitrogen and oxygen atoms in total. The van der Waals surface area contributed by atoms with Gasteiger partial charge in [-0.05, 0) is 0 Å². The van der Waals surface area contributed by atoms with Gasteiger partial charge in [-0.15, -0.1) is 0 Å². The van der Waals surface area contributed by atoms with Gasteiger partial charge in [-0.1, -0.05) is 0 Å². The summed E-state index contributed by atoms with van der Waals surface area (Å²) >= 11 is -5.23. The van der Waals surface area contributed by atoms with Crippen molar-refractivity contribution in [2.75, 3.05) is 0 Å².